The van der Waals surface area contributed by atoms with Crippen molar-refractivity contribution in [3.8, 4) is 11.1 Å². The third-order valence-electron chi connectivity index (χ3n) is 5.12. The van der Waals surface area contributed by atoms with Crippen molar-refractivity contribution in [3.05, 3.63) is 60.3 Å². The summed E-state index contributed by atoms with van der Waals surface area (Å²) in [7, 11) is 0. The average Bonchev–Trinajstić information content (AvgIpc) is 3.10. The van der Waals surface area contributed by atoms with E-state index in [0.29, 0.717) is 17.3 Å². The zero-order chi connectivity index (χ0) is 17.9. The van der Waals surface area contributed by atoms with Crippen LogP contribution in [-0.2, 0) is 0 Å². The quantitative estimate of drug-likeness (QED) is 0.755. The Labute approximate surface area is 152 Å². The van der Waals surface area contributed by atoms with Gasteiger partial charge in [-0.2, -0.15) is 0 Å². The van der Waals surface area contributed by atoms with Crippen molar-refractivity contribution in [1.82, 2.24) is 14.7 Å². The molecule has 0 spiro atoms. The second-order valence-corrected chi connectivity index (χ2v) is 7.03. The summed E-state index contributed by atoms with van der Waals surface area (Å²) in [5, 5.41) is 3.02. The number of carbonyl (C=O) groups excluding carboxylic acids is 1. The van der Waals surface area contributed by atoms with Gasteiger partial charge >= 0.3 is 0 Å². The van der Waals surface area contributed by atoms with E-state index >= 15 is 0 Å². The second kappa shape index (κ2) is 7.28. The number of fused-ring (bicyclic) bond motifs is 1. The molecule has 1 aliphatic carbocycles. The summed E-state index contributed by atoms with van der Waals surface area (Å²) in [5.74, 6) is 0.187. The molecule has 134 valence electrons. The normalized spacial score (nSPS) is 15.3. The van der Waals surface area contributed by atoms with Crippen LogP contribution in [-0.4, -0.2) is 21.8 Å². The highest BCUT2D eigenvalue weighted by Gasteiger charge is 2.16. The minimum Gasteiger partial charge on any atom is -0.350 e. The van der Waals surface area contributed by atoms with Gasteiger partial charge < -0.3 is 9.72 Å². The van der Waals surface area contributed by atoms with Crippen LogP contribution in [0.25, 0.3) is 16.8 Å². The molecule has 2 aromatic heterocycles. The summed E-state index contributed by atoms with van der Waals surface area (Å²) in [6.07, 6.45) is 9.83. The molecule has 0 saturated heterocycles. The van der Waals surface area contributed by atoms with E-state index in [9.17, 15) is 9.18 Å². The van der Waals surface area contributed by atoms with Crippen LogP contribution >= 0.6 is 0 Å². The molecule has 1 N–H and O–H groups in total. The molecule has 3 aromatic rings. The maximum atomic E-state index is 13.4. The van der Waals surface area contributed by atoms with E-state index in [1.165, 1.54) is 44.2 Å². The lowest BCUT2D eigenvalue weighted by Crippen LogP contribution is -2.30. The first-order chi connectivity index (χ1) is 12.7. The average molecular weight is 351 g/mol. The lowest BCUT2D eigenvalue weighted by molar-refractivity contribution is 0.0939. The fraction of sp³-hybridized carbons (Fsp3) is 0.333. The molecule has 1 aliphatic rings. The highest BCUT2D eigenvalue weighted by Crippen LogP contribution is 2.23. The lowest BCUT2D eigenvalue weighted by atomic mass is 9.89. The maximum absolute atomic E-state index is 13.4. The molecule has 1 amide bonds. The number of hydrogen-bond acceptors (Lipinski definition) is 2. The number of rotatable bonds is 4. The van der Waals surface area contributed by atoms with Gasteiger partial charge in [-0.05, 0) is 54.2 Å². The van der Waals surface area contributed by atoms with E-state index in [1.807, 2.05) is 28.8 Å². The van der Waals surface area contributed by atoms with Crippen LogP contribution in [0.4, 0.5) is 4.39 Å². The number of pyridine rings is 1. The summed E-state index contributed by atoms with van der Waals surface area (Å²) >= 11 is 0. The molecule has 5 heteroatoms. The van der Waals surface area contributed by atoms with Gasteiger partial charge in [0.1, 0.15) is 17.2 Å². The third kappa shape index (κ3) is 3.62. The fourth-order valence-corrected chi connectivity index (χ4v) is 3.66. The van der Waals surface area contributed by atoms with Crippen molar-refractivity contribution >= 4 is 11.6 Å². The van der Waals surface area contributed by atoms with Gasteiger partial charge in [-0.3, -0.25) is 4.79 Å². The van der Waals surface area contributed by atoms with Gasteiger partial charge in [-0.15, -0.1) is 0 Å². The number of amides is 1. The summed E-state index contributed by atoms with van der Waals surface area (Å²) in [6.45, 7) is 0.723. The predicted molar refractivity (Wildman–Crippen MR) is 99.5 cm³/mol. The van der Waals surface area contributed by atoms with Crippen LogP contribution < -0.4 is 5.32 Å². The first kappa shape index (κ1) is 16.8. The third-order valence-corrected chi connectivity index (χ3v) is 5.12. The SMILES string of the molecule is O=C(NCC1CCCCC1)c1cn2cc(-c3cccc(F)c3)ccc2n1. The minimum absolute atomic E-state index is 0.133. The van der Waals surface area contributed by atoms with Gasteiger partial charge in [-0.25, -0.2) is 9.37 Å². The van der Waals surface area contributed by atoms with E-state index in [4.69, 9.17) is 0 Å². The summed E-state index contributed by atoms with van der Waals surface area (Å²) < 4.78 is 15.3. The molecule has 1 aromatic carbocycles. The van der Waals surface area contributed by atoms with Crippen LogP contribution in [0.2, 0.25) is 0 Å². The Morgan fingerprint density at radius 1 is 1.12 bits per heavy atom. The Bertz CT molecular complexity index is 928. The highest BCUT2D eigenvalue weighted by molar-refractivity contribution is 5.92. The molecule has 4 rings (SSSR count). The molecular weight excluding hydrogens is 329 g/mol. The number of nitrogens with one attached hydrogen (secondary N) is 1. The van der Waals surface area contributed by atoms with Crippen LogP contribution in [0.15, 0.2) is 48.8 Å². The predicted octanol–water partition coefficient (Wildman–Crippen LogP) is 4.45. The van der Waals surface area contributed by atoms with Gasteiger partial charge in [0.15, 0.2) is 0 Å². The summed E-state index contributed by atoms with van der Waals surface area (Å²) in [6, 6.07) is 10.2. The Hall–Kier alpha value is -2.69. The standard InChI is InChI=1S/C21H22FN3O/c22-18-8-4-7-16(11-18)17-9-10-20-24-19(14-25(20)13-17)21(26)23-12-15-5-2-1-3-6-15/h4,7-11,13-15H,1-3,5-6,12H2,(H,23,26). The van der Waals surface area contributed by atoms with Crippen molar-refractivity contribution in [2.45, 2.75) is 32.1 Å². The molecule has 1 fully saturated rings. The van der Waals surface area contributed by atoms with E-state index in [-0.39, 0.29) is 11.7 Å². The molecular formula is C21H22FN3O. The summed E-state index contributed by atoms with van der Waals surface area (Å²) in [5.41, 5.74) is 2.79. The lowest BCUT2D eigenvalue weighted by Gasteiger charge is -2.21. The van der Waals surface area contributed by atoms with Crippen molar-refractivity contribution in [2.24, 2.45) is 5.92 Å². The van der Waals surface area contributed by atoms with Crippen LogP contribution in [0, 0.1) is 11.7 Å². The number of imidazole rings is 1. The first-order valence-corrected chi connectivity index (χ1v) is 9.22. The maximum Gasteiger partial charge on any atom is 0.271 e. The second-order valence-electron chi connectivity index (χ2n) is 7.03. The van der Waals surface area contributed by atoms with Crippen LogP contribution in [0.3, 0.4) is 0 Å². The van der Waals surface area contributed by atoms with Crippen molar-refractivity contribution < 1.29 is 9.18 Å². The molecule has 0 atom stereocenters. The topological polar surface area (TPSA) is 46.4 Å². The number of benzene rings is 1. The Balaban J connectivity index is 1.50. The van der Waals surface area contributed by atoms with Gasteiger partial charge in [0, 0.05) is 18.9 Å². The van der Waals surface area contributed by atoms with Crippen molar-refractivity contribution in [3.63, 3.8) is 0 Å². The van der Waals surface area contributed by atoms with E-state index in [2.05, 4.69) is 10.3 Å². The molecule has 26 heavy (non-hydrogen) atoms. The number of hydrogen-bond donors (Lipinski definition) is 1. The van der Waals surface area contributed by atoms with Crippen LogP contribution in [0.5, 0.6) is 0 Å². The molecule has 0 bridgehead atoms. The van der Waals surface area contributed by atoms with Gasteiger partial charge in [-0.1, -0.05) is 31.4 Å². The minimum atomic E-state index is -0.268. The number of halogens is 1. The smallest absolute Gasteiger partial charge is 0.271 e. The number of aromatic nitrogens is 2. The van der Waals surface area contributed by atoms with Gasteiger partial charge in [0.25, 0.3) is 5.91 Å². The Morgan fingerprint density at radius 3 is 2.77 bits per heavy atom. The highest BCUT2D eigenvalue weighted by atomic mass is 19.1. The number of nitrogens with zero attached hydrogens (tertiary/aromatic N) is 2. The molecule has 4 nitrogen and oxygen atoms in total. The first-order valence-electron chi connectivity index (χ1n) is 9.22. The molecule has 0 aliphatic heterocycles. The van der Waals surface area contributed by atoms with E-state index < -0.39 is 0 Å². The van der Waals surface area contributed by atoms with Crippen LogP contribution in [0.1, 0.15) is 42.6 Å². The fourth-order valence-electron chi connectivity index (χ4n) is 3.66. The molecule has 2 heterocycles. The Kier molecular flexibility index (Phi) is 4.69. The molecule has 0 radical (unpaired) electrons. The van der Waals surface area contributed by atoms with Crippen molar-refractivity contribution in [1.29, 1.82) is 0 Å². The monoisotopic (exact) mass is 351 g/mol. The Morgan fingerprint density at radius 2 is 1.96 bits per heavy atom. The molecule has 1 saturated carbocycles. The summed E-state index contributed by atoms with van der Waals surface area (Å²) in [4.78, 5) is 16.8. The van der Waals surface area contributed by atoms with E-state index in [1.54, 1.807) is 12.3 Å². The zero-order valence-corrected chi connectivity index (χ0v) is 14.6. The number of carbonyl (C=O) groups is 1. The largest absolute Gasteiger partial charge is 0.350 e. The van der Waals surface area contributed by atoms with Gasteiger partial charge in [0.05, 0.1) is 0 Å². The van der Waals surface area contributed by atoms with Gasteiger partial charge in [0.2, 0.25) is 0 Å². The van der Waals surface area contributed by atoms with E-state index in [0.717, 1.165) is 17.7 Å². The molecule has 0 unspecified atom stereocenters. The zero-order valence-electron chi connectivity index (χ0n) is 14.6. The van der Waals surface area contributed by atoms with Crippen molar-refractivity contribution in [2.75, 3.05) is 6.54 Å².